The van der Waals surface area contributed by atoms with Crippen molar-refractivity contribution in [1.29, 1.82) is 0 Å². The third kappa shape index (κ3) is 25.7. The molecule has 4 rings (SSSR count). The van der Waals surface area contributed by atoms with E-state index in [2.05, 4.69) is 47.5 Å². The number of guanidine groups is 1. The number of primary amides is 2. The van der Waals surface area contributed by atoms with Crippen molar-refractivity contribution in [3.05, 3.63) is 71.8 Å². The molecule has 2 aliphatic rings. The van der Waals surface area contributed by atoms with Gasteiger partial charge in [0.05, 0.1) is 19.2 Å². The molecule has 10 atom stereocenters. The number of hydrogen-bond acceptors (Lipinski definition) is 17. The molecule has 2 heterocycles. The average Bonchev–Trinajstić information content (AvgIpc) is 3.97. The SMILES string of the molecule is CSCC[C@H](NC(=O)[C@H](CC(C)C)NC(=O)CNC(=O)[C@H](Cc1ccccc1)NC(=O)[C@H](Cc1ccccc1)NC(=O)[C@H](CO)NC(=O)[C@H](CCC(N)=O)NC(=O)[C@@H]1CCCN1C(=O)[C@H](CCCCN)NC(=O)[C@@H]1CCCN1C(=O)[C@@H](N)CCCN=C(N)N)C(N)=O. The molecule has 0 bridgehead atoms. The second-order valence-electron chi connectivity index (χ2n) is 23.3. The van der Waals surface area contributed by atoms with E-state index in [4.69, 9.17) is 34.4 Å². The highest BCUT2D eigenvalue weighted by Gasteiger charge is 2.42. The molecule has 2 saturated heterocycles. The van der Waals surface area contributed by atoms with E-state index in [-0.39, 0.29) is 76.5 Å². The molecule has 2 aromatic carbocycles. The van der Waals surface area contributed by atoms with Gasteiger partial charge in [-0.15, -0.1) is 0 Å². The van der Waals surface area contributed by atoms with Gasteiger partial charge in [0.25, 0.3) is 0 Å². The van der Waals surface area contributed by atoms with Crippen molar-refractivity contribution in [3.63, 3.8) is 0 Å². The van der Waals surface area contributed by atoms with Crippen molar-refractivity contribution in [2.75, 3.05) is 51.3 Å². The highest BCUT2D eigenvalue weighted by atomic mass is 32.2. The predicted octanol–water partition coefficient (Wildman–Crippen LogP) is -3.98. The highest BCUT2D eigenvalue weighted by Crippen LogP contribution is 2.23. The molecule has 21 N–H and O–H groups in total. The molecule has 0 aliphatic carbocycles. The Kier molecular flexibility index (Phi) is 32.9. The number of aliphatic imine (C=N–C) groups is 1. The molecule has 12 amide bonds. The van der Waals surface area contributed by atoms with Crippen molar-refractivity contribution in [3.8, 4) is 0 Å². The minimum atomic E-state index is -1.79. The maximum atomic E-state index is 14.5. The average molecular weight is 1310 g/mol. The molecule has 2 aromatic rings. The lowest BCUT2D eigenvalue weighted by atomic mass is 10.0. The quantitative estimate of drug-likeness (QED) is 0.0172. The molecule has 0 unspecified atom stereocenters. The lowest BCUT2D eigenvalue weighted by Crippen LogP contribution is -2.61. The summed E-state index contributed by atoms with van der Waals surface area (Å²) in [4.78, 5) is 171. The third-order valence-corrected chi connectivity index (χ3v) is 16.2. The first kappa shape index (κ1) is 76.0. The summed E-state index contributed by atoms with van der Waals surface area (Å²) in [5.41, 5.74) is 35.0. The van der Waals surface area contributed by atoms with Gasteiger partial charge in [0, 0.05) is 38.9 Å². The number of thioether (sulfide) groups is 1. The van der Waals surface area contributed by atoms with Crippen LogP contribution in [0.4, 0.5) is 0 Å². The fourth-order valence-corrected chi connectivity index (χ4v) is 11.1. The van der Waals surface area contributed by atoms with Gasteiger partial charge in [-0.05, 0) is 113 Å². The number of aliphatic hydroxyl groups is 1. The summed E-state index contributed by atoms with van der Waals surface area (Å²) in [5.74, 6) is -8.94. The Morgan fingerprint density at radius 2 is 1.10 bits per heavy atom. The summed E-state index contributed by atoms with van der Waals surface area (Å²) in [5, 5.41) is 31.5. The number of nitrogens with zero attached hydrogens (tertiary/aromatic N) is 3. The van der Waals surface area contributed by atoms with Crippen molar-refractivity contribution in [1.82, 2.24) is 52.3 Å². The maximum absolute atomic E-state index is 14.5. The van der Waals surface area contributed by atoms with Crippen molar-refractivity contribution < 1.29 is 62.6 Å². The second kappa shape index (κ2) is 39.8. The number of carbonyl (C=O) groups excluding carboxylic acids is 12. The summed E-state index contributed by atoms with van der Waals surface area (Å²) in [6.07, 6.45) is 4.16. The molecular formula is C61H95N17O13S. The fraction of sp³-hybridized carbons (Fsp3) is 0.590. The molecule has 30 nitrogen and oxygen atoms in total. The number of carbonyl (C=O) groups is 12. The van der Waals surface area contributed by atoms with E-state index in [1.807, 2.05) is 20.1 Å². The normalized spacial score (nSPS) is 17.0. The Balaban J connectivity index is 1.51. The predicted molar refractivity (Wildman–Crippen MR) is 344 cm³/mol. The summed E-state index contributed by atoms with van der Waals surface area (Å²) < 4.78 is 0. The van der Waals surface area contributed by atoms with E-state index in [0.29, 0.717) is 61.9 Å². The van der Waals surface area contributed by atoms with E-state index < -0.39 is 157 Å². The van der Waals surface area contributed by atoms with E-state index in [9.17, 15) is 62.6 Å². The molecule has 0 aromatic heterocycles. The maximum Gasteiger partial charge on any atom is 0.245 e. The number of hydrogen-bond donors (Lipinski definition) is 15. The Labute approximate surface area is 540 Å². The second-order valence-corrected chi connectivity index (χ2v) is 24.3. The van der Waals surface area contributed by atoms with Crippen LogP contribution in [0, 0.1) is 5.92 Å². The van der Waals surface area contributed by atoms with Crippen LogP contribution in [0.15, 0.2) is 65.7 Å². The third-order valence-electron chi connectivity index (χ3n) is 15.5. The Bertz CT molecular complexity index is 2840. The van der Waals surface area contributed by atoms with E-state index >= 15 is 0 Å². The number of rotatable bonds is 40. The minimum absolute atomic E-state index is 0.0849. The number of nitrogens with one attached hydrogen (secondary N) is 8. The smallest absolute Gasteiger partial charge is 0.245 e. The largest absolute Gasteiger partial charge is 0.394 e. The molecule has 92 heavy (non-hydrogen) atoms. The number of benzene rings is 2. The molecule has 0 saturated carbocycles. The highest BCUT2D eigenvalue weighted by molar-refractivity contribution is 7.98. The lowest BCUT2D eigenvalue weighted by molar-refractivity contribution is -0.144. The van der Waals surface area contributed by atoms with Gasteiger partial charge in [0.2, 0.25) is 70.9 Å². The van der Waals surface area contributed by atoms with Crippen LogP contribution >= 0.6 is 11.8 Å². The Morgan fingerprint density at radius 3 is 1.62 bits per heavy atom. The van der Waals surface area contributed by atoms with Crippen molar-refractivity contribution in [2.45, 2.75) is 171 Å². The van der Waals surface area contributed by atoms with Gasteiger partial charge in [-0.3, -0.25) is 62.5 Å². The van der Waals surface area contributed by atoms with Crippen LogP contribution < -0.4 is 76.9 Å². The molecular weight excluding hydrogens is 1210 g/mol. The first-order valence-electron chi connectivity index (χ1n) is 31.1. The summed E-state index contributed by atoms with van der Waals surface area (Å²) in [7, 11) is 0. The van der Waals surface area contributed by atoms with Crippen molar-refractivity contribution >= 4 is 88.6 Å². The summed E-state index contributed by atoms with van der Waals surface area (Å²) in [6.45, 7) is 2.87. The molecule has 2 aliphatic heterocycles. The number of aliphatic hydroxyl groups excluding tert-OH is 1. The molecule has 2 fully saturated rings. The Hall–Kier alpha value is -8.42. The lowest BCUT2D eigenvalue weighted by Gasteiger charge is -2.32. The minimum Gasteiger partial charge on any atom is -0.394 e. The standard InChI is InChI=1S/C61H95N17O13S/c1-36(2)31-43(54(85)71-40(51(65)82)25-30-92-3)70-50(81)34-69-52(83)44(32-37-15-6-4-7-16-37)74-55(86)45(33-38-17-8-5-9-18-38)75-56(87)46(35-79)76-53(84)41(23-24-49(64)80)72-57(88)48-22-14-29-78(48)60(91)42(20-10-11-26-62)73-58(89)47-21-13-28-77(47)59(90)39(63)19-12-27-68-61(66)67/h4-9,15-18,36,39-48,79H,10-14,19-35,62-63H2,1-3H3,(H2,64,80)(H2,65,82)(H,69,83)(H,70,81)(H,71,85)(H,72,88)(H,73,89)(H,74,86)(H,75,87)(H,76,84)(H4,66,67,68)/t39-,40-,41-,42-,43-,44-,45-,46-,47-,48-/m0/s1. The van der Waals surface area contributed by atoms with Gasteiger partial charge < -0.3 is 91.8 Å². The number of nitrogens with two attached hydrogens (primary N) is 6. The van der Waals surface area contributed by atoms with Crippen LogP contribution in [0.3, 0.4) is 0 Å². The monoisotopic (exact) mass is 1310 g/mol. The van der Waals surface area contributed by atoms with Gasteiger partial charge in [0.15, 0.2) is 5.96 Å². The zero-order valence-corrected chi connectivity index (χ0v) is 53.6. The van der Waals surface area contributed by atoms with Crippen molar-refractivity contribution in [2.24, 2.45) is 45.3 Å². The fourth-order valence-electron chi connectivity index (χ4n) is 10.7. The van der Waals surface area contributed by atoms with Gasteiger partial charge >= 0.3 is 0 Å². The van der Waals surface area contributed by atoms with E-state index in [1.54, 1.807) is 60.7 Å². The summed E-state index contributed by atoms with van der Waals surface area (Å²) >= 11 is 1.46. The van der Waals surface area contributed by atoms with Gasteiger partial charge in [-0.2, -0.15) is 11.8 Å². The number of amides is 12. The molecule has 0 spiro atoms. The number of likely N-dealkylation sites (tertiary alicyclic amines) is 2. The topological polar surface area (TPSA) is 496 Å². The first-order valence-corrected chi connectivity index (χ1v) is 32.5. The Morgan fingerprint density at radius 1 is 0.587 bits per heavy atom. The van der Waals surface area contributed by atoms with Crippen LogP contribution in [0.5, 0.6) is 0 Å². The van der Waals surface area contributed by atoms with E-state index in [1.165, 1.54) is 21.6 Å². The van der Waals surface area contributed by atoms with Gasteiger partial charge in [0.1, 0.15) is 54.4 Å². The van der Waals surface area contributed by atoms with Crippen LogP contribution in [0.2, 0.25) is 0 Å². The van der Waals surface area contributed by atoms with Gasteiger partial charge in [-0.25, -0.2) is 0 Å². The van der Waals surface area contributed by atoms with Crippen LogP contribution in [0.1, 0.15) is 108 Å². The summed E-state index contributed by atoms with van der Waals surface area (Å²) in [6, 6.07) is 4.49. The molecule has 508 valence electrons. The first-order chi connectivity index (χ1) is 43.9. The van der Waals surface area contributed by atoms with Crippen LogP contribution in [0.25, 0.3) is 0 Å². The zero-order valence-electron chi connectivity index (χ0n) is 52.7. The molecule has 0 radical (unpaired) electrons. The van der Waals surface area contributed by atoms with E-state index in [0.717, 1.165) is 0 Å². The van der Waals surface area contributed by atoms with Crippen LogP contribution in [-0.4, -0.2) is 204 Å². The van der Waals surface area contributed by atoms with Gasteiger partial charge in [-0.1, -0.05) is 74.5 Å². The van der Waals surface area contributed by atoms with Crippen LogP contribution in [-0.2, 0) is 70.4 Å². The molecule has 31 heteroatoms. The zero-order chi connectivity index (χ0) is 67.9. The number of unbranched alkanes of at least 4 members (excludes halogenated alkanes) is 1.